The summed E-state index contributed by atoms with van der Waals surface area (Å²) in [6.07, 6.45) is 0.812. The number of alkyl halides is 6. The van der Waals surface area contributed by atoms with Crippen LogP contribution >= 0.6 is 0 Å². The zero-order chi connectivity index (χ0) is 37.5. The maximum absolute atomic E-state index is 13.9. The lowest BCUT2D eigenvalue weighted by Gasteiger charge is -2.36. The Morgan fingerprint density at radius 2 is 1.71 bits per heavy atom. The van der Waals surface area contributed by atoms with Gasteiger partial charge in [0.2, 0.25) is 0 Å². The number of imide groups is 1. The molecule has 51 heavy (non-hydrogen) atoms. The van der Waals surface area contributed by atoms with Crippen LogP contribution in [-0.2, 0) is 26.3 Å². The van der Waals surface area contributed by atoms with Gasteiger partial charge in [0.15, 0.2) is 5.76 Å². The number of unbranched alkanes of at least 4 members (excludes halogenated alkanes) is 5. The van der Waals surface area contributed by atoms with Gasteiger partial charge in [-0.05, 0) is 62.3 Å². The Morgan fingerprint density at radius 3 is 2.37 bits per heavy atom. The van der Waals surface area contributed by atoms with Gasteiger partial charge < -0.3 is 24.6 Å². The highest BCUT2D eigenvalue weighted by Gasteiger charge is 2.71. The first-order valence-electron chi connectivity index (χ1n) is 17.8. The molecule has 3 aliphatic rings. The second-order valence-corrected chi connectivity index (χ2v) is 13.2. The van der Waals surface area contributed by atoms with Crippen molar-refractivity contribution in [2.45, 2.75) is 115 Å². The quantitative estimate of drug-likeness (QED) is 0.0947. The maximum atomic E-state index is 13.9. The lowest BCUT2D eigenvalue weighted by molar-refractivity contribution is -0.376. The van der Waals surface area contributed by atoms with Crippen LogP contribution in [0.3, 0.4) is 0 Å². The summed E-state index contributed by atoms with van der Waals surface area (Å²) in [7, 11) is 0. The van der Waals surface area contributed by atoms with E-state index in [0.717, 1.165) is 31.7 Å². The zero-order valence-corrected chi connectivity index (χ0v) is 29.4. The highest BCUT2D eigenvalue weighted by atomic mass is 19.4. The highest BCUT2D eigenvalue weighted by Crippen LogP contribution is 2.51. The van der Waals surface area contributed by atoms with Crippen LogP contribution in [-0.4, -0.2) is 66.2 Å². The lowest BCUT2D eigenvalue weighted by atomic mass is 9.77. The van der Waals surface area contributed by atoms with Crippen LogP contribution in [0.5, 0.6) is 5.75 Å². The predicted molar refractivity (Wildman–Crippen MR) is 178 cm³/mol. The molecular formula is C37H48F6N2O6. The number of rotatable bonds is 17. The number of allylic oxidation sites excluding steroid dienone is 3. The fraction of sp³-hybridized carbons (Fsp3) is 0.622. The number of ether oxygens (including phenoxy) is 3. The summed E-state index contributed by atoms with van der Waals surface area (Å²) in [5.41, 5.74) is -7.48. The number of halogens is 6. The monoisotopic (exact) mass is 730 g/mol. The number of amides is 3. The van der Waals surface area contributed by atoms with Crippen molar-refractivity contribution in [3.05, 3.63) is 58.6 Å². The molecule has 0 bridgehead atoms. The predicted octanol–water partition coefficient (Wildman–Crippen LogP) is 8.63. The van der Waals surface area contributed by atoms with Crippen molar-refractivity contribution < 1.29 is 55.2 Å². The number of benzene rings is 1. The Balaban J connectivity index is 1.49. The Kier molecular flexibility index (Phi) is 13.2. The number of nitrogens with one attached hydrogen (secondary N) is 1. The summed E-state index contributed by atoms with van der Waals surface area (Å²) in [6.45, 7) is 6.52. The molecule has 8 nitrogen and oxygen atoms in total. The van der Waals surface area contributed by atoms with Gasteiger partial charge in [-0.3, -0.25) is 9.69 Å². The molecule has 0 spiro atoms. The van der Waals surface area contributed by atoms with Gasteiger partial charge in [0.1, 0.15) is 30.3 Å². The van der Waals surface area contributed by atoms with Crippen molar-refractivity contribution in [1.82, 2.24) is 10.2 Å². The van der Waals surface area contributed by atoms with Crippen molar-refractivity contribution >= 4 is 18.0 Å². The molecule has 1 fully saturated rings. The van der Waals surface area contributed by atoms with Gasteiger partial charge in [-0.25, -0.2) is 4.79 Å². The van der Waals surface area contributed by atoms with Gasteiger partial charge in [0.05, 0.1) is 6.61 Å². The van der Waals surface area contributed by atoms with E-state index in [1.54, 1.807) is 19.1 Å². The molecule has 0 aromatic heterocycles. The minimum Gasteiger partial charge on any atom is -0.493 e. The van der Waals surface area contributed by atoms with Gasteiger partial charge in [0, 0.05) is 30.0 Å². The highest BCUT2D eigenvalue weighted by molar-refractivity contribution is 6.07. The summed E-state index contributed by atoms with van der Waals surface area (Å²) in [6, 6.07) is 0.892. The number of aryl methyl sites for hydroxylation is 1. The minimum absolute atomic E-state index is 0.00801. The van der Waals surface area contributed by atoms with E-state index in [4.69, 9.17) is 14.2 Å². The maximum Gasteiger partial charge on any atom is 0.430 e. The Morgan fingerprint density at radius 1 is 0.980 bits per heavy atom. The summed E-state index contributed by atoms with van der Waals surface area (Å²) in [5, 5.41) is 13.1. The zero-order valence-electron chi connectivity index (χ0n) is 29.4. The van der Waals surface area contributed by atoms with E-state index in [2.05, 4.69) is 5.32 Å². The molecule has 2 atom stereocenters. The molecule has 2 N–H and O–H groups in total. The Bertz CT molecular complexity index is 1470. The van der Waals surface area contributed by atoms with Crippen molar-refractivity contribution in [3.8, 4) is 5.75 Å². The Hall–Kier alpha value is -3.68. The van der Waals surface area contributed by atoms with E-state index < -0.39 is 35.1 Å². The number of hydrogen-bond acceptors (Lipinski definition) is 6. The van der Waals surface area contributed by atoms with Crippen LogP contribution in [0.2, 0.25) is 0 Å². The van der Waals surface area contributed by atoms with Crippen LogP contribution < -0.4 is 10.1 Å². The van der Waals surface area contributed by atoms with E-state index in [9.17, 15) is 41.0 Å². The first-order chi connectivity index (χ1) is 24.1. The van der Waals surface area contributed by atoms with E-state index in [-0.39, 0.29) is 48.3 Å². The number of hydrogen-bond donors (Lipinski definition) is 2. The lowest BCUT2D eigenvalue weighted by Crippen LogP contribution is -2.54. The van der Waals surface area contributed by atoms with Crippen LogP contribution in [0.25, 0.3) is 6.08 Å². The summed E-state index contributed by atoms with van der Waals surface area (Å²) < 4.78 is 101. The number of aliphatic hydroxyl groups is 1. The standard InChI is InChI=1S/C37H48F6N2O6/c1-4-7-8-9-10-11-15-26-23-28(35(48,36(38,39)40)37(41,42)43)22-25(14-5-2)31(26)51-19-13-12-18-45-32(46)34(6-3,44-33(45)47)27-16-17-29-30(24-27)50-21-20-49-29/h11,15-17,22-23,27,48H,4-10,12-14,18-21,24H2,1-3H3,(H,44,47)/b15-11+. The molecule has 1 aromatic carbocycles. The van der Waals surface area contributed by atoms with E-state index in [1.165, 1.54) is 11.0 Å². The van der Waals surface area contributed by atoms with Gasteiger partial charge in [-0.2, -0.15) is 26.3 Å². The van der Waals surface area contributed by atoms with Crippen molar-refractivity contribution in [3.63, 3.8) is 0 Å². The molecule has 2 heterocycles. The molecule has 4 rings (SSSR count). The number of nitrogens with zero attached hydrogens (tertiary/aromatic N) is 1. The third kappa shape index (κ3) is 8.52. The normalized spacial score (nSPS) is 21.2. The van der Waals surface area contributed by atoms with Crippen molar-refractivity contribution in [2.75, 3.05) is 26.4 Å². The van der Waals surface area contributed by atoms with Gasteiger partial charge >= 0.3 is 18.4 Å². The van der Waals surface area contributed by atoms with Crippen LogP contribution in [0, 0.1) is 5.92 Å². The van der Waals surface area contributed by atoms with Crippen molar-refractivity contribution in [2.24, 2.45) is 5.92 Å². The summed E-state index contributed by atoms with van der Waals surface area (Å²) >= 11 is 0. The van der Waals surface area contributed by atoms with E-state index in [0.29, 0.717) is 69.3 Å². The summed E-state index contributed by atoms with van der Waals surface area (Å²) in [4.78, 5) is 27.9. The first kappa shape index (κ1) is 40.1. The second kappa shape index (κ2) is 16.8. The molecular weight excluding hydrogens is 682 g/mol. The molecule has 14 heteroatoms. The van der Waals surface area contributed by atoms with Gasteiger partial charge in [0.25, 0.3) is 11.5 Å². The molecule has 0 radical (unpaired) electrons. The fourth-order valence-electron chi connectivity index (χ4n) is 6.79. The first-order valence-corrected chi connectivity index (χ1v) is 17.8. The van der Waals surface area contributed by atoms with Gasteiger partial charge in [-0.1, -0.05) is 64.7 Å². The van der Waals surface area contributed by atoms with Crippen LogP contribution in [0.15, 0.2) is 41.9 Å². The largest absolute Gasteiger partial charge is 0.493 e. The molecule has 0 saturated carbocycles. The molecule has 2 aliphatic heterocycles. The SMILES string of the molecule is CCCCCC/C=C/c1cc(C(O)(C(F)(F)F)C(F)(F)F)cc(CCC)c1OCCCCN1C(=O)NC(CC)(C2C=CC3=C(C2)OCCO3)C1=O. The molecule has 2 unspecified atom stereocenters. The van der Waals surface area contributed by atoms with E-state index >= 15 is 0 Å². The van der Waals surface area contributed by atoms with Crippen LogP contribution in [0.1, 0.15) is 102 Å². The van der Waals surface area contributed by atoms with E-state index in [1.807, 2.05) is 19.9 Å². The van der Waals surface area contributed by atoms with Crippen molar-refractivity contribution in [1.29, 1.82) is 0 Å². The molecule has 1 aliphatic carbocycles. The topological polar surface area (TPSA) is 97.3 Å². The van der Waals surface area contributed by atoms with Crippen LogP contribution in [0.4, 0.5) is 31.1 Å². The number of carbonyl (C=O) groups is 2. The molecule has 3 amide bonds. The molecule has 284 valence electrons. The fourth-order valence-corrected chi connectivity index (χ4v) is 6.79. The minimum atomic E-state index is -6.03. The third-order valence-electron chi connectivity index (χ3n) is 9.67. The summed E-state index contributed by atoms with van der Waals surface area (Å²) in [5.74, 6) is 0.681. The average Bonchev–Trinajstić information content (AvgIpc) is 3.34. The third-order valence-corrected chi connectivity index (χ3v) is 9.67. The number of carbonyl (C=O) groups excluding carboxylic acids is 2. The average molecular weight is 731 g/mol. The Labute approximate surface area is 294 Å². The van der Waals surface area contributed by atoms with Gasteiger partial charge in [-0.15, -0.1) is 0 Å². The molecule has 1 aromatic rings. The number of urea groups is 1. The molecule has 1 saturated heterocycles. The second-order valence-electron chi connectivity index (χ2n) is 13.2. The smallest absolute Gasteiger partial charge is 0.430 e.